The highest BCUT2D eigenvalue weighted by Gasteiger charge is 2.54. The number of carbonyl (C=O) groups excluding carboxylic acids is 1. The van der Waals surface area contributed by atoms with E-state index in [0.29, 0.717) is 52.2 Å². The van der Waals surface area contributed by atoms with Crippen LogP contribution in [0, 0.1) is 17.7 Å². The Morgan fingerprint density at radius 3 is 2.83 bits per heavy atom. The molecule has 2 unspecified atom stereocenters. The third-order valence-corrected chi connectivity index (χ3v) is 7.53. The van der Waals surface area contributed by atoms with Gasteiger partial charge in [0.1, 0.15) is 23.0 Å². The van der Waals surface area contributed by atoms with Gasteiger partial charge in [-0.15, -0.1) is 0 Å². The summed E-state index contributed by atoms with van der Waals surface area (Å²) in [6.07, 6.45) is 0.785. The number of rotatable bonds is 4. The Labute approximate surface area is 199 Å². The number of nitrogens with two attached hydrogens (primary N) is 1. The summed E-state index contributed by atoms with van der Waals surface area (Å²) < 4.78 is 20.5. The Hall–Kier alpha value is -3.92. The molecule has 7 rings (SSSR count). The Bertz CT molecular complexity index is 1520. The van der Waals surface area contributed by atoms with Gasteiger partial charge < -0.3 is 31.0 Å². The summed E-state index contributed by atoms with van der Waals surface area (Å²) in [5.74, 6) is 1.61. The zero-order chi connectivity index (χ0) is 23.8. The molecule has 0 radical (unpaired) electrons. The van der Waals surface area contributed by atoms with E-state index in [1.54, 1.807) is 13.1 Å². The first-order valence-electron chi connectivity index (χ1n) is 11.8. The number of carbonyl (C=O) groups is 1. The molecule has 9 nitrogen and oxygen atoms in total. The van der Waals surface area contributed by atoms with Crippen LogP contribution in [0.1, 0.15) is 15.9 Å². The number of fused-ring (bicyclic) bond motifs is 5. The van der Waals surface area contributed by atoms with Crippen molar-refractivity contribution in [1.29, 1.82) is 0 Å². The van der Waals surface area contributed by atoms with Crippen LogP contribution in [0.15, 0.2) is 30.3 Å². The standard InChI is InChI=1S/C25H24FN7O2/c1-28-18-7-12(26)6-15-19-22(30-21(15)18)31-25(32-23(19)33-9-16-17(10-33)20(16)27)35-13-3-2-11-4-5-29-24(34)14(11)8-13/h2-3,6-8,16-17,20,28H,4-5,9-10,27H2,1H3,(H,29,34)(H,30,31,32). The van der Waals surface area contributed by atoms with Crippen LogP contribution in [0.5, 0.6) is 11.8 Å². The van der Waals surface area contributed by atoms with Gasteiger partial charge in [0.2, 0.25) is 0 Å². The van der Waals surface area contributed by atoms with E-state index in [4.69, 9.17) is 15.5 Å². The molecule has 1 saturated carbocycles. The molecule has 1 saturated heterocycles. The molecule has 10 heteroatoms. The molecule has 5 N–H and O–H groups in total. The number of H-pyrrole nitrogens is 1. The molecule has 1 amide bonds. The summed E-state index contributed by atoms with van der Waals surface area (Å²) in [6, 6.07) is 8.80. The van der Waals surface area contributed by atoms with Gasteiger partial charge in [0, 0.05) is 43.7 Å². The number of halogens is 1. The SMILES string of the molecule is CNc1cc(F)cc2c1[nH]c1nc(Oc3ccc4c(c3)C(=O)NCC4)nc(N3CC4C(N)C4C3)c12. The van der Waals surface area contributed by atoms with Gasteiger partial charge in [-0.25, -0.2) is 4.39 Å². The van der Waals surface area contributed by atoms with Gasteiger partial charge in [0.15, 0.2) is 0 Å². The first-order valence-corrected chi connectivity index (χ1v) is 11.8. The molecule has 2 aliphatic heterocycles. The number of aromatic nitrogens is 3. The summed E-state index contributed by atoms with van der Waals surface area (Å²) in [4.78, 5) is 27.2. The highest BCUT2D eigenvalue weighted by molar-refractivity contribution is 6.14. The largest absolute Gasteiger partial charge is 0.424 e. The second-order valence-electron chi connectivity index (χ2n) is 9.54. The maximum atomic E-state index is 14.5. The highest BCUT2D eigenvalue weighted by Crippen LogP contribution is 2.47. The van der Waals surface area contributed by atoms with E-state index in [9.17, 15) is 9.18 Å². The van der Waals surface area contributed by atoms with Gasteiger partial charge in [-0.1, -0.05) is 6.07 Å². The van der Waals surface area contributed by atoms with E-state index in [-0.39, 0.29) is 23.8 Å². The minimum atomic E-state index is -0.340. The molecule has 2 atom stereocenters. The smallest absolute Gasteiger partial charge is 0.325 e. The third-order valence-electron chi connectivity index (χ3n) is 7.53. The molecule has 1 aliphatic carbocycles. The fourth-order valence-corrected chi connectivity index (χ4v) is 5.60. The Morgan fingerprint density at radius 2 is 2.03 bits per heavy atom. The molecule has 3 aliphatic rings. The van der Waals surface area contributed by atoms with Crippen LogP contribution < -0.4 is 26.0 Å². The molecule has 2 fully saturated rings. The molecule has 0 spiro atoms. The first kappa shape index (κ1) is 20.5. The van der Waals surface area contributed by atoms with Crippen LogP contribution in [-0.2, 0) is 6.42 Å². The van der Waals surface area contributed by atoms with E-state index in [2.05, 4.69) is 25.5 Å². The quantitative estimate of drug-likeness (QED) is 0.360. The summed E-state index contributed by atoms with van der Waals surface area (Å²) in [5, 5.41) is 7.37. The molecule has 35 heavy (non-hydrogen) atoms. The number of amides is 1. The average Bonchev–Trinajstić information content (AvgIpc) is 3.19. The zero-order valence-electron chi connectivity index (χ0n) is 19.1. The minimum absolute atomic E-state index is 0.112. The van der Waals surface area contributed by atoms with E-state index < -0.39 is 0 Å². The number of nitrogens with zero attached hydrogens (tertiary/aromatic N) is 3. The van der Waals surface area contributed by atoms with Crippen molar-refractivity contribution in [3.63, 3.8) is 0 Å². The second-order valence-corrected chi connectivity index (χ2v) is 9.54. The Balaban J connectivity index is 1.36. The fraction of sp³-hybridized carbons (Fsp3) is 0.320. The van der Waals surface area contributed by atoms with Crippen LogP contribution in [0.3, 0.4) is 0 Å². The Kier molecular flexibility index (Phi) is 4.26. The van der Waals surface area contributed by atoms with Crippen molar-refractivity contribution >= 4 is 39.3 Å². The number of benzene rings is 2. The number of nitrogens with one attached hydrogen (secondary N) is 3. The number of anilines is 2. The second kappa shape index (κ2) is 7.29. The topological polar surface area (TPSA) is 121 Å². The number of ether oxygens (including phenoxy) is 1. The summed E-state index contributed by atoms with van der Waals surface area (Å²) in [6.45, 7) is 2.21. The van der Waals surface area contributed by atoms with Gasteiger partial charge in [-0.3, -0.25) is 4.79 Å². The van der Waals surface area contributed by atoms with Crippen molar-refractivity contribution in [2.24, 2.45) is 17.6 Å². The van der Waals surface area contributed by atoms with E-state index in [1.165, 1.54) is 12.1 Å². The van der Waals surface area contributed by atoms with E-state index in [0.717, 1.165) is 36.0 Å². The third kappa shape index (κ3) is 3.13. The predicted molar refractivity (Wildman–Crippen MR) is 131 cm³/mol. The number of hydrogen-bond donors (Lipinski definition) is 4. The maximum Gasteiger partial charge on any atom is 0.325 e. The molecular formula is C25H24FN7O2. The van der Waals surface area contributed by atoms with Crippen LogP contribution in [-0.4, -0.2) is 53.6 Å². The lowest BCUT2D eigenvalue weighted by atomic mass is 10.0. The normalized spacial score (nSPS) is 22.8. The zero-order valence-corrected chi connectivity index (χ0v) is 19.1. The average molecular weight is 474 g/mol. The molecule has 2 aromatic carbocycles. The van der Waals surface area contributed by atoms with Gasteiger partial charge in [-0.2, -0.15) is 9.97 Å². The lowest BCUT2D eigenvalue weighted by Crippen LogP contribution is -2.31. The van der Waals surface area contributed by atoms with Crippen LogP contribution in [0.4, 0.5) is 15.9 Å². The number of hydrogen-bond acceptors (Lipinski definition) is 7. The molecule has 4 heterocycles. The minimum Gasteiger partial charge on any atom is -0.424 e. The highest BCUT2D eigenvalue weighted by atomic mass is 19.1. The van der Waals surface area contributed by atoms with E-state index in [1.807, 2.05) is 12.1 Å². The van der Waals surface area contributed by atoms with Crippen molar-refractivity contribution in [1.82, 2.24) is 20.3 Å². The lowest BCUT2D eigenvalue weighted by molar-refractivity contribution is 0.0945. The van der Waals surface area contributed by atoms with Gasteiger partial charge in [0.25, 0.3) is 5.91 Å². The van der Waals surface area contributed by atoms with Crippen molar-refractivity contribution in [3.8, 4) is 11.8 Å². The van der Waals surface area contributed by atoms with Crippen LogP contribution in [0.2, 0.25) is 0 Å². The first-order chi connectivity index (χ1) is 17.0. The number of piperidine rings is 1. The van der Waals surface area contributed by atoms with Gasteiger partial charge >= 0.3 is 6.01 Å². The molecule has 0 bridgehead atoms. The lowest BCUT2D eigenvalue weighted by Gasteiger charge is -2.22. The molecule has 4 aromatic rings. The summed E-state index contributed by atoms with van der Waals surface area (Å²) in [7, 11) is 1.75. The van der Waals surface area contributed by atoms with Crippen molar-refractivity contribution < 1.29 is 13.9 Å². The summed E-state index contributed by atoms with van der Waals surface area (Å²) in [5.41, 5.74) is 9.71. The monoisotopic (exact) mass is 473 g/mol. The predicted octanol–water partition coefficient (Wildman–Crippen LogP) is 2.76. The molecule has 2 aromatic heterocycles. The van der Waals surface area contributed by atoms with Crippen molar-refractivity contribution in [2.45, 2.75) is 12.5 Å². The maximum absolute atomic E-state index is 14.5. The molecule has 178 valence electrons. The fourth-order valence-electron chi connectivity index (χ4n) is 5.60. The summed E-state index contributed by atoms with van der Waals surface area (Å²) >= 11 is 0. The van der Waals surface area contributed by atoms with E-state index >= 15 is 0 Å². The van der Waals surface area contributed by atoms with Crippen molar-refractivity contribution in [3.05, 3.63) is 47.3 Å². The van der Waals surface area contributed by atoms with Gasteiger partial charge in [-0.05, 0) is 48.1 Å². The van der Waals surface area contributed by atoms with Gasteiger partial charge in [0.05, 0.1) is 16.6 Å². The van der Waals surface area contributed by atoms with Crippen molar-refractivity contribution in [2.75, 3.05) is 36.9 Å². The Morgan fingerprint density at radius 1 is 1.20 bits per heavy atom. The van der Waals surface area contributed by atoms with Crippen LogP contribution >= 0.6 is 0 Å². The number of aromatic amines is 1. The molecular weight excluding hydrogens is 449 g/mol. The van der Waals surface area contributed by atoms with Crippen LogP contribution in [0.25, 0.3) is 21.9 Å².